The Hall–Kier alpha value is -6.33. The number of nitrogens with zero attached hydrogens (tertiary/aromatic N) is 4. The summed E-state index contributed by atoms with van der Waals surface area (Å²) in [6, 6.07) is 53.1. The Morgan fingerprint density at radius 1 is 0.435 bits per heavy atom. The van der Waals surface area contributed by atoms with Crippen LogP contribution in [0.5, 0.6) is 11.5 Å². The lowest BCUT2D eigenvalue weighted by atomic mass is 9.75. The van der Waals surface area contributed by atoms with E-state index in [-0.39, 0.29) is 21.7 Å². The summed E-state index contributed by atoms with van der Waals surface area (Å²) in [6.07, 6.45) is 1.93. The first-order valence-electron chi connectivity index (χ1n) is 22.1. The molecule has 5 heteroatoms. The van der Waals surface area contributed by atoms with Crippen molar-refractivity contribution in [2.45, 2.75) is 97.8 Å². The molecule has 1 aliphatic heterocycles. The zero-order valence-corrected chi connectivity index (χ0v) is 38.3. The van der Waals surface area contributed by atoms with Crippen molar-refractivity contribution in [1.82, 2.24) is 9.55 Å². The van der Waals surface area contributed by atoms with Crippen LogP contribution in [-0.4, -0.2) is 16.2 Å². The highest BCUT2D eigenvalue weighted by Crippen LogP contribution is 2.48. The van der Waals surface area contributed by atoms with Crippen LogP contribution in [0.4, 0.5) is 22.7 Å². The molecule has 3 heterocycles. The number of rotatable bonds is 7. The second kappa shape index (κ2) is 14.9. The average Bonchev–Trinajstić information content (AvgIpc) is 3.79. The molecule has 1 aliphatic rings. The smallest absolute Gasteiger partial charge is 0.137 e. The predicted octanol–water partition coefficient (Wildman–Crippen LogP) is 15.4. The molecule has 314 valence electrons. The Labute approximate surface area is 368 Å². The minimum Gasteiger partial charge on any atom is -0.457 e. The first kappa shape index (κ1) is 41.0. The van der Waals surface area contributed by atoms with E-state index < -0.39 is 0 Å². The molecule has 0 saturated carbocycles. The van der Waals surface area contributed by atoms with Crippen molar-refractivity contribution in [3.05, 3.63) is 180 Å². The van der Waals surface area contributed by atoms with E-state index >= 15 is 0 Å². The Morgan fingerprint density at radius 2 is 1.00 bits per heavy atom. The maximum Gasteiger partial charge on any atom is 0.137 e. The molecule has 62 heavy (non-hydrogen) atoms. The third-order valence-corrected chi connectivity index (χ3v) is 12.8. The van der Waals surface area contributed by atoms with Crippen molar-refractivity contribution in [2.24, 2.45) is 0 Å². The monoisotopic (exact) mass is 816 g/mol. The van der Waals surface area contributed by atoms with Gasteiger partial charge in [-0.2, -0.15) is 0 Å². The van der Waals surface area contributed by atoms with Crippen molar-refractivity contribution < 1.29 is 4.74 Å². The predicted molar refractivity (Wildman–Crippen MR) is 262 cm³/mol. The van der Waals surface area contributed by atoms with Gasteiger partial charge >= 0.3 is 0 Å². The van der Waals surface area contributed by atoms with Crippen molar-refractivity contribution in [1.29, 1.82) is 0 Å². The Bertz CT molecular complexity index is 2950. The van der Waals surface area contributed by atoms with Crippen molar-refractivity contribution in [3.8, 4) is 17.3 Å². The van der Waals surface area contributed by atoms with Crippen LogP contribution in [0.2, 0.25) is 0 Å². The van der Waals surface area contributed by atoms with E-state index in [0.717, 1.165) is 34.0 Å². The van der Waals surface area contributed by atoms with E-state index in [1.54, 1.807) is 0 Å². The van der Waals surface area contributed by atoms with Gasteiger partial charge in [0.05, 0.1) is 22.4 Å². The molecule has 0 atom stereocenters. The van der Waals surface area contributed by atoms with Crippen LogP contribution in [0.3, 0.4) is 0 Å². The minimum atomic E-state index is -0.187. The second-order valence-corrected chi connectivity index (χ2v) is 20.7. The van der Waals surface area contributed by atoms with Crippen LogP contribution in [0.25, 0.3) is 27.6 Å². The highest BCUT2D eigenvalue weighted by atomic mass is 16.5. The molecule has 0 fully saturated rings. The molecule has 0 saturated heterocycles. The van der Waals surface area contributed by atoms with Crippen molar-refractivity contribution in [3.63, 3.8) is 0 Å². The lowest BCUT2D eigenvalue weighted by Crippen LogP contribution is -2.26. The summed E-state index contributed by atoms with van der Waals surface area (Å²) >= 11 is 0. The highest BCUT2D eigenvalue weighted by Gasteiger charge is 2.32. The summed E-state index contributed by atoms with van der Waals surface area (Å²) in [5, 5.41) is 2.36. The van der Waals surface area contributed by atoms with Gasteiger partial charge in [0.2, 0.25) is 0 Å². The van der Waals surface area contributed by atoms with E-state index in [9.17, 15) is 0 Å². The molecule has 0 amide bonds. The zero-order valence-electron chi connectivity index (χ0n) is 38.3. The van der Waals surface area contributed by atoms with Gasteiger partial charge in [-0.3, -0.25) is 4.57 Å². The standard InChI is InChI=1S/C57H60N4O/c1-54(2,3)39-27-28-58-53(34-39)61-49-22-16-15-21-47(49)48-26-25-45(36-52(48)61)62-46-33-41(56(7,8)9)31-44(35-46)60-37-59(50-23-17-18-24-51(50)60)43-30-40(55(4,5)6)29-42(32-43)57(10,11)38-19-13-12-14-20-38/h12-36H,37H2,1-11H3. The molecular formula is C57H60N4O. The van der Waals surface area contributed by atoms with Gasteiger partial charge in [0, 0.05) is 45.9 Å². The van der Waals surface area contributed by atoms with Gasteiger partial charge < -0.3 is 14.5 Å². The van der Waals surface area contributed by atoms with Gasteiger partial charge in [-0.25, -0.2) is 4.98 Å². The fourth-order valence-electron chi connectivity index (χ4n) is 8.87. The number of benzene rings is 6. The first-order chi connectivity index (χ1) is 29.4. The lowest BCUT2D eigenvalue weighted by molar-refractivity contribution is 0.479. The summed E-state index contributed by atoms with van der Waals surface area (Å²) in [6.45, 7) is 25.9. The molecule has 0 spiro atoms. The number of hydrogen-bond acceptors (Lipinski definition) is 4. The number of hydrogen-bond donors (Lipinski definition) is 0. The molecule has 0 aliphatic carbocycles. The van der Waals surface area contributed by atoms with Crippen LogP contribution in [-0.2, 0) is 21.7 Å². The Kier molecular flexibility index (Phi) is 9.89. The van der Waals surface area contributed by atoms with Gasteiger partial charge in [-0.1, -0.05) is 143 Å². The normalized spacial score (nSPS) is 13.6. The summed E-state index contributed by atoms with van der Waals surface area (Å²) in [5.41, 5.74) is 12.9. The fourth-order valence-corrected chi connectivity index (χ4v) is 8.87. The molecular weight excluding hydrogens is 757 g/mol. The van der Waals surface area contributed by atoms with Crippen LogP contribution < -0.4 is 14.5 Å². The first-order valence-corrected chi connectivity index (χ1v) is 22.1. The van der Waals surface area contributed by atoms with Crippen LogP contribution >= 0.6 is 0 Å². The quantitative estimate of drug-likeness (QED) is 0.160. The van der Waals surface area contributed by atoms with E-state index in [1.165, 1.54) is 55.7 Å². The van der Waals surface area contributed by atoms with E-state index in [0.29, 0.717) is 6.67 Å². The topological polar surface area (TPSA) is 33.5 Å². The largest absolute Gasteiger partial charge is 0.457 e. The van der Waals surface area contributed by atoms with Gasteiger partial charge in [0.1, 0.15) is 24.0 Å². The van der Waals surface area contributed by atoms with Gasteiger partial charge in [0.25, 0.3) is 0 Å². The minimum absolute atomic E-state index is 0.00786. The summed E-state index contributed by atoms with van der Waals surface area (Å²) in [7, 11) is 0. The van der Waals surface area contributed by atoms with Crippen molar-refractivity contribution >= 4 is 44.6 Å². The summed E-state index contributed by atoms with van der Waals surface area (Å²) in [4.78, 5) is 9.83. The van der Waals surface area contributed by atoms with Gasteiger partial charge in [-0.05, 0) is 111 Å². The van der Waals surface area contributed by atoms with Crippen LogP contribution in [0.1, 0.15) is 104 Å². The Balaban J connectivity index is 1.13. The van der Waals surface area contributed by atoms with Crippen molar-refractivity contribution in [2.75, 3.05) is 16.5 Å². The maximum atomic E-state index is 6.96. The number of fused-ring (bicyclic) bond motifs is 4. The number of aromatic nitrogens is 2. The number of pyridine rings is 1. The van der Waals surface area contributed by atoms with E-state index in [2.05, 4.69) is 236 Å². The maximum absolute atomic E-state index is 6.96. The molecule has 8 aromatic rings. The van der Waals surface area contributed by atoms with E-state index in [1.807, 2.05) is 6.20 Å². The lowest BCUT2D eigenvalue weighted by Gasteiger charge is -2.32. The third kappa shape index (κ3) is 7.52. The highest BCUT2D eigenvalue weighted by molar-refractivity contribution is 6.09. The summed E-state index contributed by atoms with van der Waals surface area (Å²) in [5.74, 6) is 2.49. The van der Waals surface area contributed by atoms with Crippen LogP contribution in [0, 0.1) is 0 Å². The second-order valence-electron chi connectivity index (χ2n) is 20.7. The number of para-hydroxylation sites is 3. The van der Waals surface area contributed by atoms with Gasteiger partial charge in [0.15, 0.2) is 0 Å². The molecule has 0 unspecified atom stereocenters. The van der Waals surface area contributed by atoms with Gasteiger partial charge in [-0.15, -0.1) is 0 Å². The average molecular weight is 817 g/mol. The SMILES string of the molecule is CC(C)(C)c1cc(Oc2ccc3c4ccccc4n(-c4cc(C(C)(C)C)ccn4)c3c2)cc(N2CN(c3cc(C(C)(C)C)cc(C(C)(C)c4ccccc4)c3)c3ccccc32)c1. The van der Waals surface area contributed by atoms with Crippen LogP contribution in [0.15, 0.2) is 152 Å². The molecule has 2 aromatic heterocycles. The summed E-state index contributed by atoms with van der Waals surface area (Å²) < 4.78 is 9.24. The molecule has 0 radical (unpaired) electrons. The molecule has 0 N–H and O–H groups in total. The Morgan fingerprint density at radius 3 is 1.66 bits per heavy atom. The molecule has 0 bridgehead atoms. The molecule has 9 rings (SSSR count). The molecule has 5 nitrogen and oxygen atoms in total. The molecule has 6 aromatic carbocycles. The third-order valence-electron chi connectivity index (χ3n) is 12.8. The van der Waals surface area contributed by atoms with E-state index in [4.69, 9.17) is 9.72 Å². The fraction of sp³-hybridized carbons (Fsp3) is 0.281. The number of anilines is 4. The zero-order chi connectivity index (χ0) is 43.8. The number of ether oxygens (including phenoxy) is 1.